The van der Waals surface area contributed by atoms with E-state index >= 15 is 0 Å². The van der Waals surface area contributed by atoms with Crippen LogP contribution in [0.4, 0.5) is 0 Å². The third-order valence-corrected chi connectivity index (χ3v) is 3.14. The van der Waals surface area contributed by atoms with E-state index in [1.807, 2.05) is 18.2 Å². The Morgan fingerprint density at radius 3 is 3.00 bits per heavy atom. The van der Waals surface area contributed by atoms with E-state index in [1.54, 1.807) is 12.1 Å². The smallest absolute Gasteiger partial charge is 0.373 e. The first kappa shape index (κ1) is 13.5. The second-order valence-electron chi connectivity index (χ2n) is 4.51. The van der Waals surface area contributed by atoms with Crippen LogP contribution >= 0.6 is 0 Å². The second-order valence-corrected chi connectivity index (χ2v) is 4.51. The van der Waals surface area contributed by atoms with Gasteiger partial charge >= 0.3 is 5.97 Å². The number of fused-ring (bicyclic) bond motifs is 1. The van der Waals surface area contributed by atoms with Gasteiger partial charge in [0.05, 0.1) is 13.7 Å². The number of hydrogen-bond donors (Lipinski definition) is 1. The number of nitrogens with one attached hydrogen (secondary N) is 1. The van der Waals surface area contributed by atoms with Crippen molar-refractivity contribution < 1.29 is 23.4 Å². The zero-order valence-corrected chi connectivity index (χ0v) is 11.5. The van der Waals surface area contributed by atoms with Crippen molar-refractivity contribution in [1.29, 1.82) is 0 Å². The molecule has 0 saturated heterocycles. The molecule has 0 bridgehead atoms. The molecule has 1 aromatic carbocycles. The van der Waals surface area contributed by atoms with Crippen LogP contribution in [0.3, 0.4) is 0 Å². The van der Waals surface area contributed by atoms with Gasteiger partial charge in [-0.3, -0.25) is 0 Å². The summed E-state index contributed by atoms with van der Waals surface area (Å²) >= 11 is 0. The van der Waals surface area contributed by atoms with Gasteiger partial charge in [0.25, 0.3) is 0 Å². The predicted molar refractivity (Wildman–Crippen MR) is 73.2 cm³/mol. The Kier molecular flexibility index (Phi) is 3.79. The molecule has 0 aliphatic carbocycles. The van der Waals surface area contributed by atoms with Gasteiger partial charge in [0, 0.05) is 12.1 Å². The van der Waals surface area contributed by atoms with Crippen LogP contribution in [0.2, 0.25) is 0 Å². The summed E-state index contributed by atoms with van der Waals surface area (Å²) < 4.78 is 20.7. The molecular formula is C15H15NO5. The molecule has 6 nitrogen and oxygen atoms in total. The molecule has 2 aromatic rings. The van der Waals surface area contributed by atoms with Crippen molar-refractivity contribution in [2.24, 2.45) is 0 Å². The van der Waals surface area contributed by atoms with Crippen molar-refractivity contribution in [2.45, 2.75) is 13.1 Å². The summed E-state index contributed by atoms with van der Waals surface area (Å²) in [5.74, 6) is 1.93. The first-order valence-corrected chi connectivity index (χ1v) is 6.53. The van der Waals surface area contributed by atoms with Gasteiger partial charge < -0.3 is 23.9 Å². The van der Waals surface area contributed by atoms with Crippen LogP contribution in [-0.4, -0.2) is 19.9 Å². The number of esters is 1. The molecule has 0 unspecified atom stereocenters. The Hall–Kier alpha value is -2.47. The normalized spacial score (nSPS) is 12.4. The average Bonchev–Trinajstić information content (AvgIpc) is 3.15. The van der Waals surface area contributed by atoms with Crippen LogP contribution in [0.1, 0.15) is 21.9 Å². The third kappa shape index (κ3) is 2.85. The van der Waals surface area contributed by atoms with Crippen LogP contribution in [0, 0.1) is 0 Å². The minimum atomic E-state index is -0.479. The van der Waals surface area contributed by atoms with Crippen LogP contribution in [0.15, 0.2) is 34.7 Å². The summed E-state index contributed by atoms with van der Waals surface area (Å²) in [6.45, 7) is 1.37. The molecule has 0 atom stereocenters. The van der Waals surface area contributed by atoms with Gasteiger partial charge in [0.2, 0.25) is 12.6 Å². The molecule has 0 radical (unpaired) electrons. The molecule has 1 aliphatic rings. The standard InChI is InChI=1S/C15H15NO5/c1-18-15(17)13-6-5-11(21-13)8-16-7-10-3-2-4-12-14(10)20-9-19-12/h2-6,16H,7-9H2,1H3. The Morgan fingerprint density at radius 1 is 1.24 bits per heavy atom. The highest BCUT2D eigenvalue weighted by Crippen LogP contribution is 2.35. The van der Waals surface area contributed by atoms with Crippen molar-refractivity contribution in [3.05, 3.63) is 47.4 Å². The monoisotopic (exact) mass is 289 g/mol. The molecule has 0 spiro atoms. The van der Waals surface area contributed by atoms with Gasteiger partial charge in [-0.1, -0.05) is 12.1 Å². The molecule has 0 saturated carbocycles. The Morgan fingerprint density at radius 2 is 2.14 bits per heavy atom. The van der Waals surface area contributed by atoms with E-state index in [0.29, 0.717) is 18.8 Å². The molecule has 110 valence electrons. The Bertz CT molecular complexity index is 649. The van der Waals surface area contributed by atoms with Gasteiger partial charge in [-0.25, -0.2) is 4.79 Å². The zero-order valence-electron chi connectivity index (χ0n) is 11.5. The number of carbonyl (C=O) groups excluding carboxylic acids is 1. The fourth-order valence-electron chi connectivity index (χ4n) is 2.13. The van der Waals surface area contributed by atoms with Crippen LogP contribution in [0.25, 0.3) is 0 Å². The van der Waals surface area contributed by atoms with Crippen LogP contribution in [0.5, 0.6) is 11.5 Å². The number of carbonyl (C=O) groups is 1. The maximum Gasteiger partial charge on any atom is 0.373 e. The van der Waals surface area contributed by atoms with E-state index in [0.717, 1.165) is 17.1 Å². The Balaban J connectivity index is 1.58. The van der Waals surface area contributed by atoms with Crippen molar-refractivity contribution in [2.75, 3.05) is 13.9 Å². The molecule has 0 fully saturated rings. The van der Waals surface area contributed by atoms with Crippen molar-refractivity contribution in [3.63, 3.8) is 0 Å². The van der Waals surface area contributed by atoms with Gasteiger partial charge in [-0.05, 0) is 18.2 Å². The van der Waals surface area contributed by atoms with Gasteiger partial charge in [-0.15, -0.1) is 0 Å². The molecular weight excluding hydrogens is 274 g/mol. The quantitative estimate of drug-likeness (QED) is 0.850. The van der Waals surface area contributed by atoms with Crippen molar-refractivity contribution in [1.82, 2.24) is 5.32 Å². The van der Waals surface area contributed by atoms with Gasteiger partial charge in [0.1, 0.15) is 5.76 Å². The van der Waals surface area contributed by atoms with E-state index < -0.39 is 5.97 Å². The van der Waals surface area contributed by atoms with E-state index in [-0.39, 0.29) is 12.6 Å². The van der Waals surface area contributed by atoms with Gasteiger partial charge in [0.15, 0.2) is 11.5 Å². The maximum atomic E-state index is 11.3. The van der Waals surface area contributed by atoms with E-state index in [2.05, 4.69) is 10.1 Å². The van der Waals surface area contributed by atoms with E-state index in [9.17, 15) is 4.79 Å². The lowest BCUT2D eigenvalue weighted by atomic mass is 10.2. The highest BCUT2D eigenvalue weighted by molar-refractivity contribution is 5.86. The second kappa shape index (κ2) is 5.88. The van der Waals surface area contributed by atoms with E-state index in [4.69, 9.17) is 13.9 Å². The van der Waals surface area contributed by atoms with E-state index in [1.165, 1.54) is 7.11 Å². The molecule has 1 N–H and O–H groups in total. The van der Waals surface area contributed by atoms with Crippen molar-refractivity contribution in [3.8, 4) is 11.5 Å². The molecule has 3 rings (SSSR count). The number of furan rings is 1. The summed E-state index contributed by atoms with van der Waals surface area (Å²) in [4.78, 5) is 11.3. The molecule has 2 heterocycles. The van der Waals surface area contributed by atoms with Crippen molar-refractivity contribution >= 4 is 5.97 Å². The summed E-state index contributed by atoms with van der Waals surface area (Å²) in [5, 5.41) is 3.24. The fourth-order valence-corrected chi connectivity index (χ4v) is 2.13. The molecule has 1 aliphatic heterocycles. The third-order valence-electron chi connectivity index (χ3n) is 3.14. The topological polar surface area (TPSA) is 69.9 Å². The largest absolute Gasteiger partial charge is 0.463 e. The van der Waals surface area contributed by atoms with Crippen LogP contribution < -0.4 is 14.8 Å². The molecule has 1 aromatic heterocycles. The number of benzene rings is 1. The molecule has 21 heavy (non-hydrogen) atoms. The summed E-state index contributed by atoms with van der Waals surface area (Å²) in [5.41, 5.74) is 1.02. The van der Waals surface area contributed by atoms with Gasteiger partial charge in [-0.2, -0.15) is 0 Å². The maximum absolute atomic E-state index is 11.3. The average molecular weight is 289 g/mol. The number of ether oxygens (including phenoxy) is 3. The summed E-state index contributed by atoms with van der Waals surface area (Å²) in [7, 11) is 1.32. The summed E-state index contributed by atoms with van der Waals surface area (Å²) in [6, 6.07) is 9.12. The highest BCUT2D eigenvalue weighted by Gasteiger charge is 2.17. The highest BCUT2D eigenvalue weighted by atomic mass is 16.7. The first-order valence-electron chi connectivity index (χ1n) is 6.53. The Labute approximate surface area is 121 Å². The number of rotatable bonds is 5. The summed E-state index contributed by atoms with van der Waals surface area (Å²) in [6.07, 6.45) is 0. The first-order chi connectivity index (χ1) is 10.3. The lowest BCUT2D eigenvalue weighted by Gasteiger charge is -2.06. The minimum absolute atomic E-state index is 0.201. The number of para-hydroxylation sites is 1. The molecule has 0 amide bonds. The number of hydrogen-bond acceptors (Lipinski definition) is 6. The lowest BCUT2D eigenvalue weighted by molar-refractivity contribution is 0.0563. The molecule has 6 heteroatoms. The lowest BCUT2D eigenvalue weighted by Crippen LogP contribution is -2.12. The number of methoxy groups -OCH3 is 1. The van der Waals surface area contributed by atoms with Crippen LogP contribution in [-0.2, 0) is 17.8 Å². The fraction of sp³-hybridized carbons (Fsp3) is 0.267. The SMILES string of the molecule is COC(=O)c1ccc(CNCc2cccc3c2OCO3)o1. The minimum Gasteiger partial charge on any atom is -0.463 e. The predicted octanol–water partition coefficient (Wildman–Crippen LogP) is 2.08. The zero-order chi connectivity index (χ0) is 14.7.